The van der Waals surface area contributed by atoms with Crippen LogP contribution >= 0.6 is 11.6 Å². The minimum atomic E-state index is 0.0634. The smallest absolute Gasteiger partial charge is 0.270 e. The third-order valence-corrected chi connectivity index (χ3v) is 6.10. The van der Waals surface area contributed by atoms with Gasteiger partial charge in [0.05, 0.1) is 5.52 Å². The average Bonchev–Trinajstić information content (AvgIpc) is 3.20. The number of aromatic nitrogens is 2. The second-order valence-electron chi connectivity index (χ2n) is 7.85. The fourth-order valence-electron chi connectivity index (χ4n) is 4.25. The minimum absolute atomic E-state index is 0.0634. The summed E-state index contributed by atoms with van der Waals surface area (Å²) in [6.45, 7) is 1.45. The molecule has 1 N–H and O–H groups in total. The lowest BCUT2D eigenvalue weighted by Crippen LogP contribution is -2.42. The standard InChI is InChI=1S/C25H23ClN4O/c26-19-5-7-22(8-6-19)30-23-4-2-1-3-18(23)17-24(30)25(31)29-15-11-21(12-16-29)28-20-9-13-27-14-10-20/h1-10,13-14,17,21H,11-12,15-16H2,(H,27,28). The van der Waals surface area contributed by atoms with E-state index in [-0.39, 0.29) is 5.91 Å². The molecule has 5 nitrogen and oxygen atoms in total. The van der Waals surface area contributed by atoms with E-state index in [1.807, 2.05) is 76.2 Å². The molecule has 5 rings (SSSR count). The number of anilines is 1. The molecule has 1 fully saturated rings. The number of hydrogen-bond donors (Lipinski definition) is 1. The summed E-state index contributed by atoms with van der Waals surface area (Å²) in [6.07, 6.45) is 5.40. The van der Waals surface area contributed by atoms with Gasteiger partial charge >= 0.3 is 0 Å². The van der Waals surface area contributed by atoms with Crippen LogP contribution in [0, 0.1) is 0 Å². The molecule has 3 heterocycles. The summed E-state index contributed by atoms with van der Waals surface area (Å²) < 4.78 is 2.04. The van der Waals surface area contributed by atoms with E-state index in [2.05, 4.69) is 10.3 Å². The average molecular weight is 431 g/mol. The fourth-order valence-corrected chi connectivity index (χ4v) is 4.38. The number of pyridine rings is 1. The van der Waals surface area contributed by atoms with Crippen LogP contribution in [0.3, 0.4) is 0 Å². The predicted octanol–water partition coefficient (Wildman–Crippen LogP) is 5.40. The van der Waals surface area contributed by atoms with Gasteiger partial charge in [0.1, 0.15) is 5.69 Å². The molecule has 4 aromatic rings. The van der Waals surface area contributed by atoms with Crippen LogP contribution in [0.5, 0.6) is 0 Å². The number of carbonyl (C=O) groups is 1. The first-order valence-corrected chi connectivity index (χ1v) is 10.9. The van der Waals surface area contributed by atoms with Gasteiger partial charge in [0.15, 0.2) is 0 Å². The Labute approximate surface area is 186 Å². The number of benzene rings is 2. The fraction of sp³-hybridized carbons (Fsp3) is 0.200. The molecule has 1 amide bonds. The lowest BCUT2D eigenvalue weighted by atomic mass is 10.0. The first-order chi connectivity index (χ1) is 15.2. The molecule has 2 aromatic carbocycles. The van der Waals surface area contributed by atoms with E-state index in [1.165, 1.54) is 0 Å². The Bertz CT molecular complexity index is 1200. The molecule has 0 saturated carbocycles. The highest BCUT2D eigenvalue weighted by Crippen LogP contribution is 2.27. The van der Waals surface area contributed by atoms with E-state index in [9.17, 15) is 4.79 Å². The van der Waals surface area contributed by atoms with Crippen molar-refractivity contribution in [3.05, 3.63) is 89.8 Å². The van der Waals surface area contributed by atoms with E-state index in [0.717, 1.165) is 48.2 Å². The lowest BCUT2D eigenvalue weighted by Gasteiger charge is -2.33. The monoisotopic (exact) mass is 430 g/mol. The molecule has 1 aliphatic heterocycles. The second kappa shape index (κ2) is 8.44. The van der Waals surface area contributed by atoms with Gasteiger partial charge in [-0.3, -0.25) is 9.78 Å². The van der Waals surface area contributed by atoms with Gasteiger partial charge in [-0.05, 0) is 61.4 Å². The summed E-state index contributed by atoms with van der Waals surface area (Å²) in [6, 6.07) is 22.0. The van der Waals surface area contributed by atoms with Crippen molar-refractivity contribution in [3.63, 3.8) is 0 Å². The van der Waals surface area contributed by atoms with E-state index >= 15 is 0 Å². The molecule has 2 aromatic heterocycles. The molecule has 0 atom stereocenters. The van der Waals surface area contributed by atoms with Crippen molar-refractivity contribution < 1.29 is 4.79 Å². The topological polar surface area (TPSA) is 50.2 Å². The summed E-state index contributed by atoms with van der Waals surface area (Å²) in [5.74, 6) is 0.0634. The van der Waals surface area contributed by atoms with Gasteiger partial charge in [-0.15, -0.1) is 0 Å². The van der Waals surface area contributed by atoms with Crippen molar-refractivity contribution in [1.82, 2.24) is 14.5 Å². The quantitative estimate of drug-likeness (QED) is 0.472. The number of fused-ring (bicyclic) bond motifs is 1. The van der Waals surface area contributed by atoms with Crippen LogP contribution in [-0.4, -0.2) is 39.5 Å². The van der Waals surface area contributed by atoms with E-state index in [4.69, 9.17) is 11.6 Å². The molecule has 0 spiro atoms. The maximum absolute atomic E-state index is 13.5. The van der Waals surface area contributed by atoms with Crippen LogP contribution in [0.25, 0.3) is 16.6 Å². The number of rotatable bonds is 4. The van der Waals surface area contributed by atoms with Gasteiger partial charge in [-0.25, -0.2) is 0 Å². The number of para-hydroxylation sites is 1. The summed E-state index contributed by atoms with van der Waals surface area (Å²) >= 11 is 6.09. The van der Waals surface area contributed by atoms with Crippen molar-refractivity contribution in [2.45, 2.75) is 18.9 Å². The first kappa shape index (κ1) is 19.6. The molecular formula is C25H23ClN4O. The van der Waals surface area contributed by atoms with Crippen molar-refractivity contribution in [1.29, 1.82) is 0 Å². The van der Waals surface area contributed by atoms with Crippen molar-refractivity contribution >= 4 is 34.1 Å². The zero-order valence-electron chi connectivity index (χ0n) is 17.0. The van der Waals surface area contributed by atoms with E-state index in [1.54, 1.807) is 12.4 Å². The number of piperidine rings is 1. The summed E-state index contributed by atoms with van der Waals surface area (Å²) in [5, 5.41) is 5.28. The Morgan fingerprint density at radius 3 is 2.42 bits per heavy atom. The molecule has 31 heavy (non-hydrogen) atoms. The Hall–Kier alpha value is -3.31. The van der Waals surface area contributed by atoms with Crippen LogP contribution in [0.15, 0.2) is 79.1 Å². The highest BCUT2D eigenvalue weighted by molar-refractivity contribution is 6.30. The van der Waals surface area contributed by atoms with Gasteiger partial charge in [-0.2, -0.15) is 0 Å². The molecule has 0 aliphatic carbocycles. The molecule has 0 radical (unpaired) electrons. The third-order valence-electron chi connectivity index (χ3n) is 5.85. The number of hydrogen-bond acceptors (Lipinski definition) is 3. The van der Waals surface area contributed by atoms with Crippen molar-refractivity contribution in [3.8, 4) is 5.69 Å². The van der Waals surface area contributed by atoms with Gasteiger partial charge in [0.2, 0.25) is 0 Å². The maximum Gasteiger partial charge on any atom is 0.270 e. The SMILES string of the molecule is O=C(c1cc2ccccc2n1-c1ccc(Cl)cc1)N1CCC(Nc2ccncc2)CC1. The van der Waals surface area contributed by atoms with E-state index < -0.39 is 0 Å². The molecule has 0 unspecified atom stereocenters. The summed E-state index contributed by atoms with van der Waals surface area (Å²) in [7, 11) is 0. The second-order valence-corrected chi connectivity index (χ2v) is 8.28. The summed E-state index contributed by atoms with van der Waals surface area (Å²) in [5.41, 5.74) is 3.71. The Morgan fingerprint density at radius 1 is 0.968 bits per heavy atom. The molecule has 1 saturated heterocycles. The van der Waals surface area contributed by atoms with Crippen LogP contribution in [0.1, 0.15) is 23.3 Å². The predicted molar refractivity (Wildman–Crippen MR) is 125 cm³/mol. The van der Waals surface area contributed by atoms with Gasteiger partial charge in [-0.1, -0.05) is 29.8 Å². The molecule has 6 heteroatoms. The maximum atomic E-state index is 13.5. The zero-order valence-corrected chi connectivity index (χ0v) is 17.8. The Morgan fingerprint density at radius 2 is 1.68 bits per heavy atom. The highest BCUT2D eigenvalue weighted by atomic mass is 35.5. The van der Waals surface area contributed by atoms with Crippen LogP contribution in [-0.2, 0) is 0 Å². The van der Waals surface area contributed by atoms with Gasteiger partial charge < -0.3 is 14.8 Å². The molecule has 156 valence electrons. The minimum Gasteiger partial charge on any atom is -0.382 e. The first-order valence-electron chi connectivity index (χ1n) is 10.5. The number of carbonyl (C=O) groups excluding carboxylic acids is 1. The van der Waals surface area contributed by atoms with Crippen LogP contribution < -0.4 is 5.32 Å². The van der Waals surface area contributed by atoms with Crippen molar-refractivity contribution in [2.75, 3.05) is 18.4 Å². The number of nitrogens with one attached hydrogen (secondary N) is 1. The number of nitrogens with zero attached hydrogens (tertiary/aromatic N) is 3. The third kappa shape index (κ3) is 4.01. The molecular weight excluding hydrogens is 408 g/mol. The summed E-state index contributed by atoms with van der Waals surface area (Å²) in [4.78, 5) is 19.6. The molecule has 0 bridgehead atoms. The van der Waals surface area contributed by atoms with Crippen LogP contribution in [0.2, 0.25) is 5.02 Å². The molecule has 1 aliphatic rings. The van der Waals surface area contributed by atoms with Crippen LogP contribution in [0.4, 0.5) is 5.69 Å². The van der Waals surface area contributed by atoms with E-state index in [0.29, 0.717) is 16.8 Å². The highest BCUT2D eigenvalue weighted by Gasteiger charge is 2.26. The largest absolute Gasteiger partial charge is 0.382 e. The normalized spacial score (nSPS) is 14.7. The zero-order chi connectivity index (χ0) is 21.2. The lowest BCUT2D eigenvalue weighted by molar-refractivity contribution is 0.0711. The van der Waals surface area contributed by atoms with Gasteiger partial charge in [0.25, 0.3) is 5.91 Å². The Kier molecular flexibility index (Phi) is 5.35. The van der Waals surface area contributed by atoms with Gasteiger partial charge in [0, 0.05) is 53.3 Å². The number of halogens is 1. The Balaban J connectivity index is 1.39. The number of amides is 1. The number of likely N-dealkylation sites (tertiary alicyclic amines) is 1. The van der Waals surface area contributed by atoms with Crippen molar-refractivity contribution in [2.24, 2.45) is 0 Å².